The molecule has 0 radical (unpaired) electrons. The van der Waals surface area contributed by atoms with Crippen molar-refractivity contribution in [1.29, 1.82) is 0 Å². The van der Waals surface area contributed by atoms with Crippen molar-refractivity contribution in [2.75, 3.05) is 12.3 Å². The second-order valence-corrected chi connectivity index (χ2v) is 6.85. The molecule has 0 aromatic carbocycles. The van der Waals surface area contributed by atoms with E-state index in [0.29, 0.717) is 12.3 Å². The summed E-state index contributed by atoms with van der Waals surface area (Å²) in [4.78, 5) is 20.1. The molecule has 2 unspecified atom stereocenters. The zero-order valence-corrected chi connectivity index (χ0v) is 15.0. The molecule has 19 heavy (non-hydrogen) atoms. The summed E-state index contributed by atoms with van der Waals surface area (Å²) in [6.45, 7) is 4.22. The molecule has 2 atom stereocenters. The molecule has 0 saturated heterocycles. The number of hydrogen-bond donors (Lipinski definition) is 0. The van der Waals surface area contributed by atoms with Gasteiger partial charge in [0, 0.05) is 16.1 Å². The van der Waals surface area contributed by atoms with Gasteiger partial charge < -0.3 is 18.9 Å². The molecule has 0 spiro atoms. The second-order valence-electron chi connectivity index (χ2n) is 4.37. The molecule has 120 valence electrons. The van der Waals surface area contributed by atoms with Crippen molar-refractivity contribution in [3.05, 3.63) is 0 Å². The molecule has 7 heteroatoms. The summed E-state index contributed by atoms with van der Waals surface area (Å²) in [5, 5.41) is 0. The Kier molecular flexibility index (Phi) is 27.7. The topological polar surface area (TPSA) is 80.3 Å². The maximum atomic E-state index is 10.0. The molecule has 0 aliphatic heterocycles. The predicted octanol–water partition coefficient (Wildman–Crippen LogP) is 2.80. The molecule has 0 amide bonds. The second kappa shape index (κ2) is 21.2. The van der Waals surface area contributed by atoms with Gasteiger partial charge >= 0.3 is 16.5 Å². The third-order valence-electron chi connectivity index (χ3n) is 2.47. The molecule has 0 aromatic heterocycles. The van der Waals surface area contributed by atoms with Gasteiger partial charge in [-0.25, -0.2) is 0 Å². The third-order valence-corrected chi connectivity index (χ3v) is 3.99. The van der Waals surface area contributed by atoms with Crippen LogP contribution in [-0.4, -0.2) is 12.3 Å². The van der Waals surface area contributed by atoms with Crippen LogP contribution in [0.3, 0.4) is 0 Å². The van der Waals surface area contributed by atoms with Gasteiger partial charge in [-0.2, -0.15) is 0 Å². The van der Waals surface area contributed by atoms with Gasteiger partial charge in [0.05, 0.1) is 0 Å². The molecule has 0 heterocycles. The zero-order valence-electron chi connectivity index (χ0n) is 12.0. The summed E-state index contributed by atoms with van der Waals surface area (Å²) in [5.41, 5.74) is 0. The first-order valence-corrected chi connectivity index (χ1v) is 9.99. The summed E-state index contributed by atoms with van der Waals surface area (Å²) < 4.78 is 20.1. The Labute approximate surface area is 129 Å². The van der Waals surface area contributed by atoms with Crippen molar-refractivity contribution in [2.24, 2.45) is 0 Å². The van der Waals surface area contributed by atoms with Gasteiger partial charge in [-0.1, -0.05) is 52.4 Å². The quantitative estimate of drug-likeness (QED) is 0.342. The van der Waals surface area contributed by atoms with Gasteiger partial charge in [-0.15, -0.1) is 0 Å². The van der Waals surface area contributed by atoms with Crippen molar-refractivity contribution in [3.8, 4) is 0 Å². The summed E-state index contributed by atoms with van der Waals surface area (Å²) in [6.07, 6.45) is 9.31. The number of rotatable bonds is 10. The summed E-state index contributed by atoms with van der Waals surface area (Å²) >= 11 is 0. The molecule has 0 fully saturated rings. The fourth-order valence-corrected chi connectivity index (χ4v) is 2.47. The first-order chi connectivity index (χ1) is 8.54. The van der Waals surface area contributed by atoms with Gasteiger partial charge in [0.15, 0.2) is 0 Å². The largest absolute Gasteiger partial charge is 2.00 e. The Bertz CT molecular complexity index is 194. The monoisotopic (exact) mass is 356 g/mol. The van der Waals surface area contributed by atoms with Crippen LogP contribution in [0.25, 0.3) is 0 Å². The van der Waals surface area contributed by atoms with E-state index in [1.165, 1.54) is 12.8 Å². The fraction of sp³-hybridized carbons (Fsp3) is 1.00. The van der Waals surface area contributed by atoms with Crippen LogP contribution in [0.5, 0.6) is 0 Å². The van der Waals surface area contributed by atoms with Crippen molar-refractivity contribution in [1.82, 2.24) is 0 Å². The third kappa shape index (κ3) is 32.4. The van der Waals surface area contributed by atoms with E-state index < -0.39 is 16.1 Å². The average Bonchev–Trinajstić information content (AvgIpc) is 2.31. The Morgan fingerprint density at radius 3 is 1.21 bits per heavy atom. The smallest absolute Gasteiger partial charge is 0.802 e. The van der Waals surface area contributed by atoms with Gasteiger partial charge in [-0.3, -0.25) is 0 Å². The van der Waals surface area contributed by atoms with E-state index in [0.717, 1.165) is 38.5 Å². The van der Waals surface area contributed by atoms with Crippen LogP contribution < -0.4 is 9.79 Å². The van der Waals surface area contributed by atoms with Crippen LogP contribution in [0.2, 0.25) is 0 Å². The summed E-state index contributed by atoms with van der Waals surface area (Å²) in [7, 11) is -4.83. The Hall–Kier alpha value is 0.874. The maximum Gasteiger partial charge on any atom is 2.00 e. The van der Waals surface area contributed by atoms with Crippen LogP contribution >= 0.6 is 16.1 Å². The van der Waals surface area contributed by atoms with Gasteiger partial charge in [0.2, 0.25) is 0 Å². The molecule has 0 aliphatic rings. The molecule has 0 N–H and O–H groups in total. The summed E-state index contributed by atoms with van der Waals surface area (Å²) in [6, 6.07) is 0. The van der Waals surface area contributed by atoms with E-state index in [-0.39, 0.29) is 16.5 Å². The molecule has 0 rings (SSSR count). The van der Waals surface area contributed by atoms with E-state index >= 15 is 0 Å². The van der Waals surface area contributed by atoms with E-state index in [2.05, 4.69) is 13.8 Å². The standard InChI is InChI=1S/2C6H15O2P.Ni/c2*1-2-3-4-5-6-9(7)8;/h2*9H,2-6H2,1H3,(H,7,8);/q;;+2/p-2. The minimum Gasteiger partial charge on any atom is -0.802 e. The van der Waals surface area contributed by atoms with Crippen LogP contribution in [-0.2, 0) is 25.6 Å². The van der Waals surface area contributed by atoms with Crippen LogP contribution in [0.4, 0.5) is 0 Å². The first kappa shape index (κ1) is 24.9. The minimum absolute atomic E-state index is 0. The zero-order chi connectivity index (χ0) is 14.2. The Morgan fingerprint density at radius 2 is 1.00 bits per heavy atom. The van der Waals surface area contributed by atoms with Crippen molar-refractivity contribution < 1.29 is 35.4 Å². The van der Waals surface area contributed by atoms with Crippen molar-refractivity contribution in [2.45, 2.75) is 65.2 Å². The molecule has 0 aliphatic carbocycles. The van der Waals surface area contributed by atoms with Crippen molar-refractivity contribution >= 4 is 16.1 Å². The van der Waals surface area contributed by atoms with Gasteiger partial charge in [-0.05, 0) is 25.2 Å². The molecular formula is C12H28NiO4P2. The summed E-state index contributed by atoms with van der Waals surface area (Å²) in [5.74, 6) is 0. The van der Waals surface area contributed by atoms with Crippen LogP contribution in [0.15, 0.2) is 0 Å². The molecule has 4 nitrogen and oxygen atoms in total. The fourth-order valence-electron chi connectivity index (χ4n) is 1.39. The van der Waals surface area contributed by atoms with E-state index in [1.807, 2.05) is 0 Å². The number of unbranched alkanes of at least 4 members (excludes halogenated alkanes) is 6. The normalized spacial score (nSPS) is 12.8. The van der Waals surface area contributed by atoms with Crippen LogP contribution in [0, 0.1) is 0 Å². The van der Waals surface area contributed by atoms with E-state index in [4.69, 9.17) is 0 Å². The van der Waals surface area contributed by atoms with E-state index in [9.17, 15) is 18.9 Å². The SMILES string of the molecule is CCCCCC[PH](=O)[O-].CCCCCC[PH](=O)[O-].[Ni+2]. The number of hydrogen-bond acceptors (Lipinski definition) is 4. The molecule has 0 bridgehead atoms. The maximum absolute atomic E-state index is 10.0. The molecular weight excluding hydrogens is 329 g/mol. The van der Waals surface area contributed by atoms with Gasteiger partial charge in [0.1, 0.15) is 0 Å². The molecule has 0 aromatic rings. The predicted molar refractivity (Wildman–Crippen MR) is 76.0 cm³/mol. The first-order valence-electron chi connectivity index (χ1n) is 6.94. The Morgan fingerprint density at radius 1 is 0.684 bits per heavy atom. The van der Waals surface area contributed by atoms with Gasteiger partial charge in [0.25, 0.3) is 0 Å². The molecule has 0 saturated carbocycles. The minimum atomic E-state index is -2.42. The van der Waals surface area contributed by atoms with Crippen molar-refractivity contribution in [3.63, 3.8) is 0 Å². The van der Waals surface area contributed by atoms with Crippen LogP contribution in [0.1, 0.15) is 65.2 Å². The van der Waals surface area contributed by atoms with E-state index in [1.54, 1.807) is 0 Å². The average molecular weight is 357 g/mol. The Balaban J connectivity index is -0.000000256.